The van der Waals surface area contributed by atoms with Crippen molar-refractivity contribution in [2.45, 2.75) is 27.3 Å². The number of fused-ring (bicyclic) bond motifs is 1. The van der Waals surface area contributed by atoms with Crippen LogP contribution in [0.4, 0.5) is 0 Å². The fourth-order valence-electron chi connectivity index (χ4n) is 3.97. The molecule has 0 aliphatic carbocycles. The van der Waals surface area contributed by atoms with Gasteiger partial charge in [-0.1, -0.05) is 72.5 Å². The van der Waals surface area contributed by atoms with Crippen LogP contribution in [0.3, 0.4) is 0 Å². The molecule has 36 heavy (non-hydrogen) atoms. The van der Waals surface area contributed by atoms with E-state index in [4.69, 9.17) is 21.9 Å². The smallest absolute Gasteiger partial charge is 0.269 e. The van der Waals surface area contributed by atoms with Crippen LogP contribution in [0.5, 0.6) is 11.6 Å². The summed E-state index contributed by atoms with van der Waals surface area (Å²) in [5.41, 5.74) is 4.18. The molecule has 6 nitrogen and oxygen atoms in total. The predicted molar refractivity (Wildman–Crippen MR) is 147 cm³/mol. The predicted octanol–water partition coefficient (Wildman–Crippen LogP) is 5.81. The van der Waals surface area contributed by atoms with Gasteiger partial charge < -0.3 is 4.74 Å². The average molecular weight is 514 g/mol. The van der Waals surface area contributed by atoms with E-state index in [1.807, 2.05) is 75.4 Å². The number of benzene rings is 2. The van der Waals surface area contributed by atoms with E-state index in [1.54, 1.807) is 23.2 Å². The van der Waals surface area contributed by atoms with Crippen molar-refractivity contribution in [3.8, 4) is 11.6 Å². The van der Waals surface area contributed by atoms with E-state index in [0.29, 0.717) is 27.2 Å². The molecule has 1 aliphatic rings. The van der Waals surface area contributed by atoms with Crippen molar-refractivity contribution >= 4 is 45.9 Å². The van der Waals surface area contributed by atoms with Gasteiger partial charge >= 0.3 is 0 Å². The van der Waals surface area contributed by atoms with E-state index < -0.39 is 0 Å². The second kappa shape index (κ2) is 9.72. The molecule has 2 aromatic carbocycles. The van der Waals surface area contributed by atoms with Crippen LogP contribution < -0.4 is 10.3 Å². The number of thioether (sulfide) groups is 1. The summed E-state index contributed by atoms with van der Waals surface area (Å²) >= 11 is 6.67. The molecule has 1 saturated heterocycles. The fourth-order valence-corrected chi connectivity index (χ4v) is 5.20. The molecule has 0 saturated carbocycles. The number of nitrogens with zero attached hydrogens (tertiary/aromatic N) is 3. The number of hydrogen-bond donors (Lipinski definition) is 0. The summed E-state index contributed by atoms with van der Waals surface area (Å²) in [5, 5.41) is 0. The Kier molecular flexibility index (Phi) is 6.47. The lowest BCUT2D eigenvalue weighted by molar-refractivity contribution is -0.122. The molecule has 1 amide bonds. The molecule has 4 aromatic rings. The molecule has 1 aliphatic heterocycles. The number of aryl methyl sites for hydroxylation is 2. The number of amides is 1. The zero-order valence-corrected chi connectivity index (χ0v) is 21.7. The average Bonchev–Trinajstić information content (AvgIpc) is 3.13. The van der Waals surface area contributed by atoms with Gasteiger partial charge in [0.1, 0.15) is 21.3 Å². The normalized spacial score (nSPS) is 14.8. The zero-order valence-electron chi connectivity index (χ0n) is 20.0. The van der Waals surface area contributed by atoms with Crippen molar-refractivity contribution in [3.05, 3.63) is 110 Å². The molecule has 2 aromatic heterocycles. The summed E-state index contributed by atoms with van der Waals surface area (Å²) in [5.74, 6) is 0.503. The number of pyridine rings is 1. The van der Waals surface area contributed by atoms with Crippen molar-refractivity contribution in [3.63, 3.8) is 0 Å². The highest BCUT2D eigenvalue weighted by Gasteiger charge is 2.33. The third-order valence-corrected chi connectivity index (χ3v) is 7.52. The quantitative estimate of drug-likeness (QED) is 0.248. The van der Waals surface area contributed by atoms with E-state index in [9.17, 15) is 9.59 Å². The minimum atomic E-state index is -0.322. The Hall–Kier alpha value is -3.75. The highest BCUT2D eigenvalue weighted by atomic mass is 32.2. The van der Waals surface area contributed by atoms with Crippen molar-refractivity contribution in [2.24, 2.45) is 0 Å². The van der Waals surface area contributed by atoms with Gasteiger partial charge in [0.2, 0.25) is 5.88 Å². The molecular weight excluding hydrogens is 490 g/mol. The first kappa shape index (κ1) is 24.0. The number of ether oxygens (including phenoxy) is 1. The standard InChI is InChI=1S/C28H23N3O3S2/c1-17-9-7-13-22(19(17)3)34-25-21(26(32)30-14-8-10-18(2)24(30)29-25)15-23-27(33)31(28(35)36-23)16-20-11-5-4-6-12-20/h4-15H,16H2,1-3H3/b23-15+. The monoisotopic (exact) mass is 513 g/mol. The lowest BCUT2D eigenvalue weighted by Crippen LogP contribution is -2.27. The van der Waals surface area contributed by atoms with E-state index in [0.717, 1.165) is 22.3 Å². The maximum Gasteiger partial charge on any atom is 0.269 e. The Balaban J connectivity index is 1.61. The van der Waals surface area contributed by atoms with Crippen LogP contribution in [0.15, 0.2) is 76.6 Å². The van der Waals surface area contributed by atoms with Gasteiger partial charge in [-0.3, -0.25) is 18.9 Å². The number of carbonyl (C=O) groups excluding carboxylic acids is 1. The maximum atomic E-state index is 13.6. The molecule has 1 fully saturated rings. The summed E-state index contributed by atoms with van der Waals surface area (Å²) < 4.78 is 8.14. The number of thiocarbonyl (C=S) groups is 1. The molecule has 5 rings (SSSR count). The van der Waals surface area contributed by atoms with Crippen LogP contribution in [0.1, 0.15) is 27.8 Å². The molecule has 0 N–H and O–H groups in total. The van der Waals surface area contributed by atoms with Gasteiger partial charge in [0.05, 0.1) is 11.4 Å². The third-order valence-electron chi connectivity index (χ3n) is 6.14. The molecule has 0 radical (unpaired) electrons. The Morgan fingerprint density at radius 1 is 0.972 bits per heavy atom. The second-order valence-electron chi connectivity index (χ2n) is 8.57. The summed E-state index contributed by atoms with van der Waals surface area (Å²) in [7, 11) is 0. The Labute approximate surface area is 218 Å². The number of aromatic nitrogens is 2. The molecule has 0 bridgehead atoms. The van der Waals surface area contributed by atoms with E-state index in [-0.39, 0.29) is 22.9 Å². The first-order valence-corrected chi connectivity index (χ1v) is 12.6. The number of hydrogen-bond acceptors (Lipinski definition) is 6. The summed E-state index contributed by atoms with van der Waals surface area (Å²) in [6.07, 6.45) is 3.21. The first-order valence-electron chi connectivity index (χ1n) is 11.4. The third kappa shape index (κ3) is 4.45. The summed E-state index contributed by atoms with van der Waals surface area (Å²) in [4.78, 5) is 33.5. The van der Waals surface area contributed by atoms with E-state index >= 15 is 0 Å². The highest BCUT2D eigenvalue weighted by Crippen LogP contribution is 2.35. The Morgan fingerprint density at radius 2 is 1.72 bits per heavy atom. The topological polar surface area (TPSA) is 63.9 Å². The van der Waals surface area contributed by atoms with Crippen molar-refractivity contribution in [2.75, 3.05) is 0 Å². The van der Waals surface area contributed by atoms with Crippen molar-refractivity contribution < 1.29 is 9.53 Å². The highest BCUT2D eigenvalue weighted by molar-refractivity contribution is 8.26. The van der Waals surface area contributed by atoms with Gasteiger partial charge in [-0.15, -0.1) is 0 Å². The van der Waals surface area contributed by atoms with Gasteiger partial charge in [-0.2, -0.15) is 4.98 Å². The largest absolute Gasteiger partial charge is 0.438 e. The van der Waals surface area contributed by atoms with Crippen molar-refractivity contribution in [1.29, 1.82) is 0 Å². The lowest BCUT2D eigenvalue weighted by Gasteiger charge is -2.14. The molecule has 180 valence electrons. The molecule has 0 unspecified atom stereocenters. The SMILES string of the molecule is Cc1cccc(Oc2nc3c(C)cccn3c(=O)c2/C=C2/SC(=S)N(Cc3ccccc3)C2=O)c1C. The van der Waals surface area contributed by atoms with Gasteiger partial charge in [0.25, 0.3) is 11.5 Å². The second-order valence-corrected chi connectivity index (χ2v) is 10.2. The zero-order chi connectivity index (χ0) is 25.4. The van der Waals surface area contributed by atoms with Crippen LogP contribution in [-0.2, 0) is 11.3 Å². The van der Waals surface area contributed by atoms with Crippen LogP contribution in [0.25, 0.3) is 11.7 Å². The fraction of sp³-hybridized carbons (Fsp3) is 0.143. The van der Waals surface area contributed by atoms with Crippen LogP contribution in [0.2, 0.25) is 0 Å². The number of rotatable bonds is 5. The molecule has 0 spiro atoms. The first-order chi connectivity index (χ1) is 17.3. The molecular formula is C28H23N3O3S2. The summed E-state index contributed by atoms with van der Waals surface area (Å²) in [6.45, 7) is 6.20. The molecule has 0 atom stereocenters. The van der Waals surface area contributed by atoms with Gasteiger partial charge in [0.15, 0.2) is 0 Å². The van der Waals surface area contributed by atoms with Gasteiger partial charge in [-0.25, -0.2) is 0 Å². The van der Waals surface area contributed by atoms with Crippen LogP contribution >= 0.6 is 24.0 Å². The maximum absolute atomic E-state index is 13.6. The lowest BCUT2D eigenvalue weighted by atomic mass is 10.1. The number of carbonyl (C=O) groups is 1. The van der Waals surface area contributed by atoms with Gasteiger partial charge in [0, 0.05) is 6.20 Å². The van der Waals surface area contributed by atoms with Crippen molar-refractivity contribution in [1.82, 2.24) is 14.3 Å². The minimum absolute atomic E-state index is 0.149. The Bertz CT molecular complexity index is 1610. The summed E-state index contributed by atoms with van der Waals surface area (Å²) in [6, 6.07) is 19.1. The van der Waals surface area contributed by atoms with E-state index in [1.165, 1.54) is 16.2 Å². The minimum Gasteiger partial charge on any atom is -0.438 e. The van der Waals surface area contributed by atoms with Gasteiger partial charge in [-0.05, 0) is 61.2 Å². The molecule has 3 heterocycles. The van der Waals surface area contributed by atoms with Crippen LogP contribution in [-0.4, -0.2) is 24.5 Å². The molecule has 8 heteroatoms. The van der Waals surface area contributed by atoms with Crippen LogP contribution in [0, 0.1) is 20.8 Å². The Morgan fingerprint density at radius 3 is 2.50 bits per heavy atom. The van der Waals surface area contributed by atoms with E-state index in [2.05, 4.69) is 0 Å².